The summed E-state index contributed by atoms with van der Waals surface area (Å²) in [7, 11) is 0. The average molecular weight is 998 g/mol. The number of rotatable bonds is 27. The van der Waals surface area contributed by atoms with Crippen LogP contribution in [-0.2, 0) is 82.0 Å². The Morgan fingerprint density at radius 3 is 1.69 bits per heavy atom. The Kier molecular flexibility index (Phi) is 22.4. The second kappa shape index (κ2) is 26.7. The number of hydrogen-bond acceptors (Lipinski definition) is 14. The number of nitrogens with zero attached hydrogens (tertiary/aromatic N) is 5. The number of carbonyl (C=O) groups is 6. The molecule has 3 N–H and O–H groups in total. The summed E-state index contributed by atoms with van der Waals surface area (Å²) in [5, 5.41) is 5.36. The Morgan fingerprint density at radius 2 is 1.19 bits per heavy atom. The van der Waals surface area contributed by atoms with Crippen LogP contribution in [0.4, 0.5) is 10.5 Å². The molecule has 3 atom stereocenters. The normalized spacial score (nSPS) is 13.5. The number of carbonyl (C=O) groups excluding carboxylic acids is 6. The van der Waals surface area contributed by atoms with Gasteiger partial charge in [0.25, 0.3) is 0 Å². The van der Waals surface area contributed by atoms with Crippen LogP contribution < -0.4 is 15.4 Å². The number of unbranched alkanes of at least 4 members (excludes halogenated alkanes) is 1. The molecule has 0 aliphatic carbocycles. The van der Waals surface area contributed by atoms with E-state index in [1.165, 1.54) is 0 Å². The van der Waals surface area contributed by atoms with Crippen molar-refractivity contribution < 1.29 is 51.7 Å². The molecule has 70 heavy (non-hydrogen) atoms. The van der Waals surface area contributed by atoms with Crippen LogP contribution in [0.1, 0.15) is 152 Å². The minimum atomic E-state index is -2.43. The van der Waals surface area contributed by atoms with Crippen LogP contribution in [0, 0.1) is 5.41 Å². The SMILES string of the molecule is CC(C)(C)CC(=O)Cn1ccnc1CN(CCCC[C@H](NC(=O)N[C@@H](CCC(=O)CCCc1ccc(NS(=O)[O-])cc1)C(=O)OC(C)(C)C)C(=O)OC(C)(C)C)Cc1nccn1CC(=O)OC(C)(C)C. The second-order valence-electron chi connectivity index (χ2n) is 21.8. The van der Waals surface area contributed by atoms with E-state index in [0.717, 1.165) is 5.56 Å². The molecule has 2 aromatic heterocycles. The fourth-order valence-corrected chi connectivity index (χ4v) is 7.61. The number of imidazole rings is 2. The largest absolute Gasteiger partial charge is 0.755 e. The highest BCUT2D eigenvalue weighted by molar-refractivity contribution is 7.80. The Labute approximate surface area is 416 Å². The van der Waals surface area contributed by atoms with Crippen molar-refractivity contribution in [3.63, 3.8) is 0 Å². The summed E-state index contributed by atoms with van der Waals surface area (Å²) in [6, 6.07) is 3.68. The van der Waals surface area contributed by atoms with E-state index in [1.54, 1.807) is 116 Å². The zero-order chi connectivity index (χ0) is 52.5. The second-order valence-corrected chi connectivity index (χ2v) is 22.4. The van der Waals surface area contributed by atoms with E-state index in [4.69, 9.17) is 14.2 Å². The number of aryl methyl sites for hydroxylation is 1. The molecule has 0 bridgehead atoms. The van der Waals surface area contributed by atoms with Gasteiger partial charge in [-0.15, -0.1) is 0 Å². The monoisotopic (exact) mass is 998 g/mol. The molecule has 0 saturated heterocycles. The predicted octanol–water partition coefficient (Wildman–Crippen LogP) is 6.90. The van der Waals surface area contributed by atoms with Gasteiger partial charge in [-0.05, 0) is 130 Å². The molecule has 0 fully saturated rings. The van der Waals surface area contributed by atoms with Crippen LogP contribution in [0.5, 0.6) is 0 Å². The summed E-state index contributed by atoms with van der Waals surface area (Å²) >= 11 is -2.43. The number of nitrogens with one attached hydrogen (secondary N) is 3. The first-order valence-electron chi connectivity index (χ1n) is 23.9. The number of urea groups is 1. The van der Waals surface area contributed by atoms with Gasteiger partial charge in [0.2, 0.25) is 0 Å². The van der Waals surface area contributed by atoms with Gasteiger partial charge in [0.15, 0.2) is 5.78 Å². The molecule has 2 heterocycles. The van der Waals surface area contributed by atoms with Gasteiger partial charge in [0, 0.05) is 61.0 Å². The highest BCUT2D eigenvalue weighted by atomic mass is 32.2. The lowest BCUT2D eigenvalue weighted by molar-refractivity contribution is -0.158. The van der Waals surface area contributed by atoms with Crippen molar-refractivity contribution in [2.45, 2.75) is 196 Å². The van der Waals surface area contributed by atoms with Crippen LogP contribution in [0.3, 0.4) is 0 Å². The lowest BCUT2D eigenvalue weighted by Crippen LogP contribution is -2.53. The minimum Gasteiger partial charge on any atom is -0.755 e. The topological polar surface area (TPSA) is 245 Å². The molecule has 1 unspecified atom stereocenters. The summed E-state index contributed by atoms with van der Waals surface area (Å²) in [6.45, 7) is 22.9. The third-order valence-electron chi connectivity index (χ3n) is 10.1. The van der Waals surface area contributed by atoms with Gasteiger partial charge < -0.3 is 43.3 Å². The van der Waals surface area contributed by atoms with Crippen LogP contribution >= 0.6 is 0 Å². The number of aromatic nitrogens is 4. The third kappa shape index (κ3) is 24.4. The molecule has 0 saturated carbocycles. The summed E-state index contributed by atoms with van der Waals surface area (Å²) in [4.78, 5) is 90.8. The average Bonchev–Trinajstić information content (AvgIpc) is 3.82. The Balaban J connectivity index is 1.74. The van der Waals surface area contributed by atoms with Gasteiger partial charge in [-0.3, -0.25) is 23.5 Å². The number of amides is 2. The number of hydrogen-bond donors (Lipinski definition) is 3. The lowest BCUT2D eigenvalue weighted by Gasteiger charge is -2.27. The summed E-state index contributed by atoms with van der Waals surface area (Å²) in [5.41, 5.74) is -1.27. The molecule has 390 valence electrons. The van der Waals surface area contributed by atoms with Crippen LogP contribution in [-0.4, -0.2) is 104 Å². The van der Waals surface area contributed by atoms with E-state index in [2.05, 4.69) is 30.2 Å². The standard InChI is InChI=1S/C50H78N8O11S/c1-47(2,3)30-38(60)31-57-28-25-51-41(57)32-56(33-42-52-26-29-58(42)34-43(61)67-48(4,5)6)27-14-13-18-39(44(62)68-49(7,8)9)53-46(64)54-40(45(63)69-50(10,11)12)24-23-37(59)17-15-16-35-19-21-36(22-20-35)55-70(65)66/h19-22,25-26,28-29,39-40,55H,13-18,23-24,27,30-34H2,1-12H3,(H,65,66)(H2,53,54,64)/p-1/t39-,40-/m0/s1. The molecule has 20 heteroatoms. The van der Waals surface area contributed by atoms with E-state index in [-0.39, 0.29) is 55.8 Å². The van der Waals surface area contributed by atoms with Gasteiger partial charge in [-0.25, -0.2) is 24.4 Å². The van der Waals surface area contributed by atoms with Crippen molar-refractivity contribution in [3.8, 4) is 0 Å². The number of benzene rings is 1. The first-order chi connectivity index (χ1) is 32.4. The van der Waals surface area contributed by atoms with Crippen molar-refractivity contribution in [3.05, 3.63) is 66.3 Å². The smallest absolute Gasteiger partial charge is 0.329 e. The maximum atomic E-state index is 13.7. The van der Waals surface area contributed by atoms with Crippen molar-refractivity contribution in [1.29, 1.82) is 0 Å². The lowest BCUT2D eigenvalue weighted by atomic mass is 9.90. The molecule has 3 rings (SSSR count). The predicted molar refractivity (Wildman–Crippen MR) is 264 cm³/mol. The van der Waals surface area contributed by atoms with E-state index >= 15 is 0 Å². The van der Waals surface area contributed by atoms with Gasteiger partial charge in [-0.2, -0.15) is 0 Å². The fraction of sp³-hybridized carbons (Fsp3) is 0.640. The number of ketones is 2. The van der Waals surface area contributed by atoms with E-state index in [9.17, 15) is 37.5 Å². The minimum absolute atomic E-state index is 0.0247. The molecule has 0 radical (unpaired) electrons. The highest BCUT2D eigenvalue weighted by Gasteiger charge is 2.31. The summed E-state index contributed by atoms with van der Waals surface area (Å²) in [6.07, 6.45) is 9.55. The van der Waals surface area contributed by atoms with Crippen LogP contribution in [0.2, 0.25) is 0 Å². The molecule has 2 amide bonds. The van der Waals surface area contributed by atoms with Crippen molar-refractivity contribution >= 4 is 52.5 Å². The number of Topliss-reactive ketones (excluding diaryl/α,β-unsaturated/α-hetero) is 2. The first-order valence-corrected chi connectivity index (χ1v) is 25.0. The molecule has 0 spiro atoms. The summed E-state index contributed by atoms with van der Waals surface area (Å²) in [5.74, 6) is -0.585. The quantitative estimate of drug-likeness (QED) is 0.0305. The zero-order valence-corrected chi connectivity index (χ0v) is 44.1. The zero-order valence-electron chi connectivity index (χ0n) is 43.3. The third-order valence-corrected chi connectivity index (χ3v) is 10.5. The molecule has 0 aliphatic heterocycles. The van der Waals surface area contributed by atoms with Gasteiger partial charge in [0.05, 0.1) is 19.6 Å². The molecule has 1 aromatic carbocycles. The van der Waals surface area contributed by atoms with Crippen molar-refractivity contribution in [1.82, 2.24) is 34.6 Å². The van der Waals surface area contributed by atoms with Crippen LogP contribution in [0.25, 0.3) is 0 Å². The fourth-order valence-electron chi connectivity index (χ4n) is 7.28. The number of esters is 3. The summed E-state index contributed by atoms with van der Waals surface area (Å²) < 4.78 is 44.5. The van der Waals surface area contributed by atoms with Crippen molar-refractivity contribution in [2.75, 3.05) is 11.3 Å². The molecular formula is C50H77N8O11S-. The van der Waals surface area contributed by atoms with Crippen LogP contribution in [0.15, 0.2) is 49.1 Å². The molecule has 3 aromatic rings. The molecule has 0 aliphatic rings. The number of anilines is 1. The van der Waals surface area contributed by atoms with E-state index in [1.807, 2.05) is 25.3 Å². The Hall–Kier alpha value is -5.47. The van der Waals surface area contributed by atoms with Crippen molar-refractivity contribution in [2.24, 2.45) is 5.41 Å². The van der Waals surface area contributed by atoms with Gasteiger partial charge >= 0.3 is 23.9 Å². The van der Waals surface area contributed by atoms with E-state index in [0.29, 0.717) is 69.1 Å². The Morgan fingerprint density at radius 1 is 0.671 bits per heavy atom. The maximum Gasteiger partial charge on any atom is 0.329 e. The first kappa shape index (κ1) is 58.8. The highest BCUT2D eigenvalue weighted by Crippen LogP contribution is 2.21. The van der Waals surface area contributed by atoms with E-state index < -0.39 is 64.1 Å². The number of ether oxygens (including phenoxy) is 3. The Bertz CT molecular complexity index is 2140. The maximum absolute atomic E-state index is 13.7. The van der Waals surface area contributed by atoms with Gasteiger partial charge in [-0.1, -0.05) is 32.9 Å². The molecule has 19 nitrogen and oxygen atoms in total. The molecular weight excluding hydrogens is 921 g/mol. The van der Waals surface area contributed by atoms with Gasteiger partial charge in [0.1, 0.15) is 52.9 Å².